The summed E-state index contributed by atoms with van der Waals surface area (Å²) in [5, 5.41) is 8.56. The maximum Gasteiger partial charge on any atom is 0.306 e. The highest BCUT2D eigenvalue weighted by Gasteiger charge is 2.35. The molecule has 0 aliphatic carbocycles. The van der Waals surface area contributed by atoms with Crippen LogP contribution in [0.4, 0.5) is 0 Å². The molecule has 12 heavy (non-hydrogen) atoms. The van der Waals surface area contributed by atoms with Crippen LogP contribution < -0.4 is 0 Å². The quantitative estimate of drug-likeness (QED) is 0.668. The van der Waals surface area contributed by atoms with Crippen molar-refractivity contribution in [2.24, 2.45) is 0 Å². The van der Waals surface area contributed by atoms with E-state index in [0.717, 1.165) is 0 Å². The monoisotopic (exact) mass is 174 g/mol. The highest BCUT2D eigenvalue weighted by Crippen LogP contribution is 2.24. The molecule has 1 unspecified atom stereocenters. The fraction of sp³-hybridized carbons (Fsp3) is 0.875. The molecule has 0 amide bonds. The van der Waals surface area contributed by atoms with Crippen LogP contribution in [0.5, 0.6) is 0 Å². The summed E-state index contributed by atoms with van der Waals surface area (Å²) in [4.78, 5) is 10.4. The lowest BCUT2D eigenvalue weighted by Gasteiger charge is -2.37. The highest BCUT2D eigenvalue weighted by molar-refractivity contribution is 5.67. The summed E-state index contributed by atoms with van der Waals surface area (Å²) in [7, 11) is 0. The first-order valence-electron chi connectivity index (χ1n) is 4.00. The summed E-state index contributed by atoms with van der Waals surface area (Å²) < 4.78 is 10.7. The molecule has 0 aromatic heterocycles. The van der Waals surface area contributed by atoms with E-state index in [-0.39, 0.29) is 12.5 Å². The van der Waals surface area contributed by atoms with E-state index in [2.05, 4.69) is 0 Å². The number of hydrogen-bond acceptors (Lipinski definition) is 3. The van der Waals surface area contributed by atoms with Crippen LogP contribution in [-0.4, -0.2) is 36.0 Å². The molecule has 4 heteroatoms. The molecule has 0 radical (unpaired) electrons. The van der Waals surface area contributed by atoms with Gasteiger partial charge in [0.2, 0.25) is 0 Å². The smallest absolute Gasteiger partial charge is 0.306 e. The standard InChI is InChI=1S/C8H14O4/c1-8(2)6(5-7(9)10)11-3-4-12-8/h6H,3-5H2,1-2H3,(H,9,10). The van der Waals surface area contributed by atoms with Crippen molar-refractivity contribution in [1.82, 2.24) is 0 Å². The summed E-state index contributed by atoms with van der Waals surface area (Å²) in [6.07, 6.45) is -0.323. The first-order chi connectivity index (χ1) is 5.52. The topological polar surface area (TPSA) is 55.8 Å². The SMILES string of the molecule is CC1(C)OCCOC1CC(=O)O. The van der Waals surface area contributed by atoms with E-state index < -0.39 is 11.6 Å². The Morgan fingerprint density at radius 3 is 2.75 bits per heavy atom. The number of hydrogen-bond donors (Lipinski definition) is 1. The molecular formula is C8H14O4. The Balaban J connectivity index is 2.54. The lowest BCUT2D eigenvalue weighted by Crippen LogP contribution is -2.47. The fourth-order valence-corrected chi connectivity index (χ4v) is 1.25. The molecule has 0 saturated carbocycles. The minimum Gasteiger partial charge on any atom is -0.481 e. The molecule has 1 heterocycles. The molecule has 0 aromatic carbocycles. The predicted molar refractivity (Wildman–Crippen MR) is 42.0 cm³/mol. The molecule has 1 aliphatic heterocycles. The third-order valence-corrected chi connectivity index (χ3v) is 2.01. The predicted octanol–water partition coefficient (Wildman–Crippen LogP) is 0.655. The van der Waals surface area contributed by atoms with Crippen molar-refractivity contribution in [3.63, 3.8) is 0 Å². The van der Waals surface area contributed by atoms with Gasteiger partial charge in [-0.05, 0) is 13.8 Å². The first-order valence-corrected chi connectivity index (χ1v) is 4.00. The van der Waals surface area contributed by atoms with Crippen LogP contribution in [0, 0.1) is 0 Å². The number of aliphatic carboxylic acids is 1. The Morgan fingerprint density at radius 1 is 1.58 bits per heavy atom. The average molecular weight is 174 g/mol. The van der Waals surface area contributed by atoms with Crippen molar-refractivity contribution in [2.45, 2.75) is 32.0 Å². The molecule has 70 valence electrons. The van der Waals surface area contributed by atoms with Crippen molar-refractivity contribution in [1.29, 1.82) is 0 Å². The van der Waals surface area contributed by atoms with Gasteiger partial charge in [0.15, 0.2) is 0 Å². The summed E-state index contributed by atoms with van der Waals surface area (Å²) in [5.74, 6) is -0.849. The zero-order valence-electron chi connectivity index (χ0n) is 7.37. The molecule has 4 nitrogen and oxygen atoms in total. The average Bonchev–Trinajstić information content (AvgIpc) is 1.92. The summed E-state index contributed by atoms with van der Waals surface area (Å²) in [6.45, 7) is 4.73. The second-order valence-electron chi connectivity index (χ2n) is 3.41. The number of carbonyl (C=O) groups is 1. The van der Waals surface area contributed by atoms with Gasteiger partial charge < -0.3 is 14.6 Å². The number of ether oxygens (including phenoxy) is 2. The van der Waals surface area contributed by atoms with Gasteiger partial charge in [0.1, 0.15) is 0 Å². The fourth-order valence-electron chi connectivity index (χ4n) is 1.25. The van der Waals surface area contributed by atoms with E-state index >= 15 is 0 Å². The van der Waals surface area contributed by atoms with Crippen molar-refractivity contribution in [3.8, 4) is 0 Å². The van der Waals surface area contributed by atoms with E-state index in [1.54, 1.807) is 0 Å². The molecule has 1 fully saturated rings. The Bertz CT molecular complexity index is 176. The zero-order valence-corrected chi connectivity index (χ0v) is 7.37. The Hall–Kier alpha value is -0.610. The summed E-state index contributed by atoms with van der Waals surface area (Å²) in [6, 6.07) is 0. The lowest BCUT2D eigenvalue weighted by atomic mass is 9.97. The highest BCUT2D eigenvalue weighted by atomic mass is 16.6. The van der Waals surface area contributed by atoms with E-state index in [0.29, 0.717) is 13.2 Å². The number of carboxylic acid groups (broad SMARTS) is 1. The van der Waals surface area contributed by atoms with Gasteiger partial charge in [0, 0.05) is 0 Å². The van der Waals surface area contributed by atoms with Crippen molar-refractivity contribution in [3.05, 3.63) is 0 Å². The van der Waals surface area contributed by atoms with Gasteiger partial charge in [-0.1, -0.05) is 0 Å². The molecular weight excluding hydrogens is 160 g/mol. The van der Waals surface area contributed by atoms with Crippen LogP contribution >= 0.6 is 0 Å². The van der Waals surface area contributed by atoms with Crippen molar-refractivity contribution >= 4 is 5.97 Å². The molecule has 1 N–H and O–H groups in total. The maximum absolute atomic E-state index is 10.4. The maximum atomic E-state index is 10.4. The van der Waals surface area contributed by atoms with Gasteiger partial charge in [0.25, 0.3) is 0 Å². The van der Waals surface area contributed by atoms with Gasteiger partial charge in [-0.3, -0.25) is 4.79 Å². The summed E-state index contributed by atoms with van der Waals surface area (Å²) in [5.41, 5.74) is -0.476. The molecule has 1 atom stereocenters. The number of carboxylic acids is 1. The Kier molecular flexibility index (Phi) is 2.69. The van der Waals surface area contributed by atoms with Crippen molar-refractivity contribution < 1.29 is 19.4 Å². The van der Waals surface area contributed by atoms with Gasteiger partial charge in [-0.2, -0.15) is 0 Å². The third kappa shape index (κ3) is 2.19. The molecule has 1 rings (SSSR count). The minimum absolute atomic E-state index is 0.00694. The van der Waals surface area contributed by atoms with E-state index in [4.69, 9.17) is 14.6 Å². The van der Waals surface area contributed by atoms with Gasteiger partial charge in [-0.25, -0.2) is 0 Å². The van der Waals surface area contributed by atoms with Gasteiger partial charge >= 0.3 is 5.97 Å². The first kappa shape index (κ1) is 9.48. The van der Waals surface area contributed by atoms with Crippen LogP contribution in [-0.2, 0) is 14.3 Å². The van der Waals surface area contributed by atoms with E-state index in [1.807, 2.05) is 13.8 Å². The molecule has 0 aromatic rings. The van der Waals surface area contributed by atoms with Gasteiger partial charge in [-0.15, -0.1) is 0 Å². The summed E-state index contributed by atoms with van der Waals surface area (Å²) >= 11 is 0. The largest absolute Gasteiger partial charge is 0.481 e. The van der Waals surface area contributed by atoms with Crippen LogP contribution in [0.15, 0.2) is 0 Å². The second kappa shape index (κ2) is 3.41. The van der Waals surface area contributed by atoms with Crippen LogP contribution in [0.2, 0.25) is 0 Å². The van der Waals surface area contributed by atoms with Crippen LogP contribution in [0.25, 0.3) is 0 Å². The number of rotatable bonds is 2. The van der Waals surface area contributed by atoms with E-state index in [1.165, 1.54) is 0 Å². The normalized spacial score (nSPS) is 28.3. The van der Waals surface area contributed by atoms with Crippen LogP contribution in [0.3, 0.4) is 0 Å². The van der Waals surface area contributed by atoms with Crippen molar-refractivity contribution in [2.75, 3.05) is 13.2 Å². The Morgan fingerprint density at radius 2 is 2.25 bits per heavy atom. The molecule has 1 aliphatic rings. The second-order valence-corrected chi connectivity index (χ2v) is 3.41. The molecule has 1 saturated heterocycles. The third-order valence-electron chi connectivity index (χ3n) is 2.01. The van der Waals surface area contributed by atoms with E-state index in [9.17, 15) is 4.79 Å². The zero-order chi connectivity index (χ0) is 9.19. The van der Waals surface area contributed by atoms with Crippen LogP contribution in [0.1, 0.15) is 20.3 Å². The molecule has 0 spiro atoms. The lowest BCUT2D eigenvalue weighted by molar-refractivity contribution is -0.193. The Labute approximate surface area is 71.5 Å². The van der Waals surface area contributed by atoms with Gasteiger partial charge in [0.05, 0.1) is 31.3 Å². The molecule has 0 bridgehead atoms. The minimum atomic E-state index is -0.849.